The number of hydrogen-bond acceptors (Lipinski definition) is 10. The first-order chi connectivity index (χ1) is 14.8. The first kappa shape index (κ1) is 23.5. The summed E-state index contributed by atoms with van der Waals surface area (Å²) in [4.78, 5) is 12.2. The minimum Gasteiger partial charge on any atom is -0.504 e. The lowest BCUT2D eigenvalue weighted by atomic mass is 9.94. The van der Waals surface area contributed by atoms with E-state index in [4.69, 9.17) is 14.2 Å². The summed E-state index contributed by atoms with van der Waals surface area (Å²) in [5.41, 5.74) is 0.404. The van der Waals surface area contributed by atoms with Gasteiger partial charge >= 0.3 is 5.97 Å². The highest BCUT2D eigenvalue weighted by molar-refractivity contribution is 5.87. The zero-order valence-electron chi connectivity index (χ0n) is 16.8. The van der Waals surface area contributed by atoms with Crippen molar-refractivity contribution in [1.82, 2.24) is 0 Å². The second-order valence-corrected chi connectivity index (χ2v) is 7.72. The van der Waals surface area contributed by atoms with Crippen LogP contribution in [0.15, 0.2) is 24.3 Å². The Morgan fingerprint density at radius 3 is 2.52 bits per heavy atom. The van der Waals surface area contributed by atoms with Crippen LogP contribution in [0.3, 0.4) is 0 Å². The molecule has 1 aromatic carbocycles. The van der Waals surface area contributed by atoms with Crippen molar-refractivity contribution in [3.8, 4) is 11.5 Å². The van der Waals surface area contributed by atoms with Crippen LogP contribution in [0.4, 0.5) is 0 Å². The number of aliphatic hydroxyl groups is 4. The molecule has 2 aliphatic rings. The highest BCUT2D eigenvalue weighted by Crippen LogP contribution is 2.29. The molecule has 1 aliphatic carbocycles. The van der Waals surface area contributed by atoms with E-state index >= 15 is 0 Å². The molecule has 1 aromatic rings. The molecule has 1 aliphatic heterocycles. The van der Waals surface area contributed by atoms with Crippen LogP contribution in [-0.2, 0) is 19.0 Å². The molecule has 1 heterocycles. The van der Waals surface area contributed by atoms with Crippen LogP contribution in [0.25, 0.3) is 6.08 Å². The Morgan fingerprint density at radius 2 is 1.84 bits per heavy atom. The highest BCUT2D eigenvalue weighted by atomic mass is 16.7. The fourth-order valence-electron chi connectivity index (χ4n) is 3.69. The Labute approximate surface area is 178 Å². The third-order valence-corrected chi connectivity index (χ3v) is 5.46. The van der Waals surface area contributed by atoms with Crippen LogP contribution < -0.4 is 0 Å². The summed E-state index contributed by atoms with van der Waals surface area (Å²) in [6, 6.07) is 3.94. The van der Waals surface area contributed by atoms with E-state index in [1.165, 1.54) is 24.3 Å². The van der Waals surface area contributed by atoms with Gasteiger partial charge in [-0.25, -0.2) is 4.79 Å². The molecular formula is C21H28O10. The van der Waals surface area contributed by atoms with Gasteiger partial charge in [-0.1, -0.05) is 18.9 Å². The topological polar surface area (TPSA) is 166 Å². The monoisotopic (exact) mass is 440 g/mol. The highest BCUT2D eigenvalue weighted by Gasteiger charge is 2.48. The number of hydrogen-bond donors (Lipinski definition) is 6. The van der Waals surface area contributed by atoms with Gasteiger partial charge in [0.05, 0.1) is 18.8 Å². The Morgan fingerprint density at radius 1 is 1.10 bits per heavy atom. The Bertz CT molecular complexity index is 781. The van der Waals surface area contributed by atoms with Gasteiger partial charge in [-0.3, -0.25) is 0 Å². The lowest BCUT2D eigenvalue weighted by molar-refractivity contribution is -0.319. The average Bonchev–Trinajstić information content (AvgIpc) is 2.75. The number of carbonyl (C=O) groups is 1. The summed E-state index contributed by atoms with van der Waals surface area (Å²) in [5.74, 6) is -1.57. The summed E-state index contributed by atoms with van der Waals surface area (Å²) >= 11 is 0. The quantitative estimate of drug-likeness (QED) is 0.198. The molecule has 0 radical (unpaired) electrons. The third kappa shape index (κ3) is 5.73. The fourth-order valence-corrected chi connectivity index (χ4v) is 3.69. The van der Waals surface area contributed by atoms with Crippen molar-refractivity contribution in [3.05, 3.63) is 29.8 Å². The summed E-state index contributed by atoms with van der Waals surface area (Å²) < 4.78 is 16.3. The largest absolute Gasteiger partial charge is 0.504 e. The van der Waals surface area contributed by atoms with Gasteiger partial charge in [0, 0.05) is 6.08 Å². The maximum Gasteiger partial charge on any atom is 0.331 e. The first-order valence-corrected chi connectivity index (χ1v) is 10.2. The number of aliphatic hydroxyl groups excluding tert-OH is 4. The number of benzene rings is 1. The molecule has 31 heavy (non-hydrogen) atoms. The summed E-state index contributed by atoms with van der Waals surface area (Å²) in [6.45, 7) is -0.600. The predicted octanol–water partition coefficient (Wildman–Crippen LogP) is -0.218. The molecule has 2 unspecified atom stereocenters. The van der Waals surface area contributed by atoms with Gasteiger partial charge < -0.3 is 44.8 Å². The molecule has 6 N–H and O–H groups in total. The molecule has 3 rings (SSSR count). The van der Waals surface area contributed by atoms with E-state index in [9.17, 15) is 35.4 Å². The minimum atomic E-state index is -1.55. The van der Waals surface area contributed by atoms with Crippen LogP contribution in [-0.4, -0.2) is 86.1 Å². The molecule has 2 fully saturated rings. The lowest BCUT2D eigenvalue weighted by Crippen LogP contribution is -2.61. The van der Waals surface area contributed by atoms with Crippen molar-refractivity contribution < 1.29 is 49.6 Å². The molecule has 0 spiro atoms. The second kappa shape index (κ2) is 10.4. The zero-order valence-corrected chi connectivity index (χ0v) is 16.8. The minimum absolute atomic E-state index is 0.308. The second-order valence-electron chi connectivity index (χ2n) is 7.72. The predicted molar refractivity (Wildman–Crippen MR) is 106 cm³/mol. The number of carbonyl (C=O) groups excluding carboxylic acids is 1. The van der Waals surface area contributed by atoms with E-state index in [2.05, 4.69) is 0 Å². The lowest BCUT2D eigenvalue weighted by Gasteiger charge is -2.43. The van der Waals surface area contributed by atoms with E-state index in [0.717, 1.165) is 18.9 Å². The molecule has 1 saturated carbocycles. The normalized spacial score (nSPS) is 34.0. The molecule has 10 heteroatoms. The van der Waals surface area contributed by atoms with E-state index < -0.39 is 55.5 Å². The summed E-state index contributed by atoms with van der Waals surface area (Å²) in [6.07, 6.45) is -3.14. The Hall–Kier alpha value is -2.21. The van der Waals surface area contributed by atoms with Gasteiger partial charge in [0.1, 0.15) is 18.3 Å². The van der Waals surface area contributed by atoms with E-state index in [1.807, 2.05) is 0 Å². The molecule has 7 atom stereocenters. The van der Waals surface area contributed by atoms with Crippen LogP contribution in [0.2, 0.25) is 0 Å². The van der Waals surface area contributed by atoms with Crippen LogP contribution in [0.5, 0.6) is 11.5 Å². The van der Waals surface area contributed by atoms with E-state index in [-0.39, 0.29) is 11.5 Å². The Kier molecular flexibility index (Phi) is 7.87. The smallest absolute Gasteiger partial charge is 0.331 e. The summed E-state index contributed by atoms with van der Waals surface area (Å²) in [7, 11) is 0. The molecule has 0 amide bonds. The third-order valence-electron chi connectivity index (χ3n) is 5.46. The summed E-state index contributed by atoms with van der Waals surface area (Å²) in [5, 5.41) is 59.4. The number of phenolic OH excluding ortho intramolecular Hbond substituents is 2. The van der Waals surface area contributed by atoms with E-state index in [1.54, 1.807) is 0 Å². The number of ether oxygens (including phenoxy) is 3. The van der Waals surface area contributed by atoms with E-state index in [0.29, 0.717) is 18.4 Å². The van der Waals surface area contributed by atoms with Crippen LogP contribution in [0, 0.1) is 0 Å². The maximum atomic E-state index is 12.2. The molecular weight excluding hydrogens is 412 g/mol. The van der Waals surface area contributed by atoms with Crippen molar-refractivity contribution in [2.75, 3.05) is 6.61 Å². The van der Waals surface area contributed by atoms with Gasteiger partial charge in [0.25, 0.3) is 0 Å². The van der Waals surface area contributed by atoms with Crippen molar-refractivity contribution in [3.63, 3.8) is 0 Å². The van der Waals surface area contributed by atoms with Crippen molar-refractivity contribution >= 4 is 12.0 Å². The molecule has 0 bridgehead atoms. The van der Waals surface area contributed by atoms with Gasteiger partial charge in [-0.15, -0.1) is 0 Å². The SMILES string of the molecule is O=C(/C=C/c1ccc(O)c(O)c1)O[C@H]1[C@H](O)[C@@H](OC2CCCCC2O)O[C@@H](CO)[C@@H]1O. The first-order valence-electron chi connectivity index (χ1n) is 10.2. The van der Waals surface area contributed by atoms with Gasteiger partial charge in [0.15, 0.2) is 23.9 Å². The molecule has 172 valence electrons. The standard InChI is InChI=1S/C21H28O10/c22-10-16-18(27)20(19(28)21(30-16)29-15-4-2-1-3-13(15)24)31-17(26)8-6-11-5-7-12(23)14(25)9-11/h5-9,13,15-16,18-25,27-28H,1-4,10H2/b8-6+/t13?,15?,16-,18-,19-,20+,21-/m0/s1. The van der Waals surface area contributed by atoms with Crippen molar-refractivity contribution in [2.24, 2.45) is 0 Å². The number of rotatable bonds is 6. The number of aromatic hydroxyl groups is 2. The van der Waals surface area contributed by atoms with Gasteiger partial charge in [-0.05, 0) is 36.6 Å². The number of phenols is 2. The van der Waals surface area contributed by atoms with Crippen LogP contribution >= 0.6 is 0 Å². The average molecular weight is 440 g/mol. The van der Waals surface area contributed by atoms with Crippen LogP contribution in [0.1, 0.15) is 31.2 Å². The Balaban J connectivity index is 1.67. The molecule has 10 nitrogen and oxygen atoms in total. The van der Waals surface area contributed by atoms with Crippen molar-refractivity contribution in [2.45, 2.75) is 68.6 Å². The number of esters is 1. The van der Waals surface area contributed by atoms with Gasteiger partial charge in [-0.2, -0.15) is 0 Å². The molecule has 1 saturated heterocycles. The fraction of sp³-hybridized carbons (Fsp3) is 0.571. The van der Waals surface area contributed by atoms with Crippen molar-refractivity contribution in [1.29, 1.82) is 0 Å². The zero-order chi connectivity index (χ0) is 22.5. The molecule has 0 aromatic heterocycles. The maximum absolute atomic E-state index is 12.2. The van der Waals surface area contributed by atoms with Gasteiger partial charge in [0.2, 0.25) is 0 Å².